The van der Waals surface area contributed by atoms with Crippen LogP contribution in [0.5, 0.6) is 0 Å². The van der Waals surface area contributed by atoms with Gasteiger partial charge in [0.05, 0.1) is 11.7 Å². The van der Waals surface area contributed by atoms with Crippen molar-refractivity contribution in [3.05, 3.63) is 83.2 Å². The molecule has 0 radical (unpaired) electrons. The van der Waals surface area contributed by atoms with Crippen molar-refractivity contribution in [2.24, 2.45) is 12.8 Å². The molecule has 2 aromatic heterocycles. The van der Waals surface area contributed by atoms with Crippen molar-refractivity contribution < 1.29 is 4.79 Å². The number of fused-ring (bicyclic) bond motifs is 1. The van der Waals surface area contributed by atoms with Crippen LogP contribution in [0.25, 0.3) is 0 Å². The maximum Gasteiger partial charge on any atom is 0.248 e. The number of hydrogen-bond acceptors (Lipinski definition) is 4. The molecule has 0 fully saturated rings. The Hall–Kier alpha value is -2.99. The van der Waals surface area contributed by atoms with Crippen LogP contribution in [-0.2, 0) is 26.4 Å². The van der Waals surface area contributed by atoms with E-state index in [1.165, 1.54) is 17.7 Å². The summed E-state index contributed by atoms with van der Waals surface area (Å²) in [4.78, 5) is 23.1. The van der Waals surface area contributed by atoms with Gasteiger partial charge in [0.15, 0.2) is 0 Å². The molecule has 29 heavy (non-hydrogen) atoms. The first-order valence-electron chi connectivity index (χ1n) is 10.1. The van der Waals surface area contributed by atoms with Crippen molar-refractivity contribution >= 4 is 5.91 Å². The topological polar surface area (TPSA) is 77.0 Å². The third-order valence-electron chi connectivity index (χ3n) is 5.77. The molecule has 0 saturated heterocycles. The standard InChI is InChI=1S/C23H27N5O/c1-27-15-13-25-21(27)11-14-28(16-17-7-9-19(10-8-17)23(24)29)20-6-2-4-18-5-3-12-26-22(18)20/h3,5,7-10,12-13,15,20H,2,4,6,11,14,16H2,1H3,(H2,24,29). The number of nitrogens with two attached hydrogens (primary N) is 1. The fourth-order valence-electron chi connectivity index (χ4n) is 4.18. The van der Waals surface area contributed by atoms with Crippen LogP contribution in [0.2, 0.25) is 0 Å². The zero-order valence-electron chi connectivity index (χ0n) is 16.8. The van der Waals surface area contributed by atoms with Gasteiger partial charge in [-0.25, -0.2) is 4.98 Å². The molecule has 4 rings (SSSR count). The second-order valence-corrected chi connectivity index (χ2v) is 7.69. The summed E-state index contributed by atoms with van der Waals surface area (Å²) in [7, 11) is 2.03. The highest BCUT2D eigenvalue weighted by Crippen LogP contribution is 2.33. The molecule has 2 heterocycles. The molecule has 1 atom stereocenters. The lowest BCUT2D eigenvalue weighted by molar-refractivity contribution is 0.1000. The fraction of sp³-hybridized carbons (Fsp3) is 0.348. The number of benzene rings is 1. The Kier molecular flexibility index (Phi) is 5.71. The molecule has 1 unspecified atom stereocenters. The Morgan fingerprint density at radius 2 is 2.03 bits per heavy atom. The average Bonchev–Trinajstić information content (AvgIpc) is 3.16. The summed E-state index contributed by atoms with van der Waals surface area (Å²) >= 11 is 0. The molecule has 6 nitrogen and oxygen atoms in total. The van der Waals surface area contributed by atoms with E-state index in [2.05, 4.69) is 20.5 Å². The number of carbonyl (C=O) groups is 1. The SMILES string of the molecule is Cn1ccnc1CCN(Cc1ccc(C(N)=O)cc1)C1CCCc2cccnc21. The minimum absolute atomic E-state index is 0.288. The molecule has 6 heteroatoms. The Bertz CT molecular complexity index is 979. The largest absolute Gasteiger partial charge is 0.366 e. The van der Waals surface area contributed by atoms with Gasteiger partial charge in [0, 0.05) is 50.7 Å². The van der Waals surface area contributed by atoms with Gasteiger partial charge in [0.1, 0.15) is 5.82 Å². The van der Waals surface area contributed by atoms with E-state index in [1.54, 1.807) is 0 Å². The minimum Gasteiger partial charge on any atom is -0.366 e. The molecule has 150 valence electrons. The smallest absolute Gasteiger partial charge is 0.248 e. The molecular weight excluding hydrogens is 362 g/mol. The molecule has 1 amide bonds. The second kappa shape index (κ2) is 8.57. The van der Waals surface area contributed by atoms with Crippen LogP contribution in [0.15, 0.2) is 55.0 Å². The van der Waals surface area contributed by atoms with Crippen LogP contribution in [0.3, 0.4) is 0 Å². The molecule has 0 bridgehead atoms. The van der Waals surface area contributed by atoms with Gasteiger partial charge in [0.25, 0.3) is 0 Å². The maximum atomic E-state index is 11.4. The van der Waals surface area contributed by atoms with E-state index in [4.69, 9.17) is 10.7 Å². The molecule has 1 aliphatic carbocycles. The monoisotopic (exact) mass is 389 g/mol. The quantitative estimate of drug-likeness (QED) is 0.674. The molecule has 1 aliphatic rings. The Balaban J connectivity index is 1.59. The van der Waals surface area contributed by atoms with Crippen molar-refractivity contribution in [3.8, 4) is 0 Å². The van der Waals surface area contributed by atoms with Crippen LogP contribution in [-0.4, -0.2) is 31.9 Å². The average molecular weight is 390 g/mol. The summed E-state index contributed by atoms with van der Waals surface area (Å²) in [6.45, 7) is 1.69. The minimum atomic E-state index is -0.395. The number of pyridine rings is 1. The Morgan fingerprint density at radius 3 is 2.76 bits per heavy atom. The number of aryl methyl sites for hydroxylation is 2. The van der Waals surface area contributed by atoms with E-state index in [9.17, 15) is 4.79 Å². The number of rotatable bonds is 7. The molecule has 1 aromatic carbocycles. The number of carbonyl (C=O) groups excluding carboxylic acids is 1. The van der Waals surface area contributed by atoms with Crippen LogP contribution in [0.4, 0.5) is 0 Å². The lowest BCUT2D eigenvalue weighted by Crippen LogP contribution is -2.33. The van der Waals surface area contributed by atoms with Gasteiger partial charge in [-0.15, -0.1) is 0 Å². The summed E-state index contributed by atoms with van der Waals surface area (Å²) in [6, 6.07) is 12.1. The zero-order chi connectivity index (χ0) is 20.2. The maximum absolute atomic E-state index is 11.4. The van der Waals surface area contributed by atoms with Crippen molar-refractivity contribution in [3.63, 3.8) is 0 Å². The highest BCUT2D eigenvalue weighted by molar-refractivity contribution is 5.92. The number of imidazole rings is 1. The van der Waals surface area contributed by atoms with E-state index in [0.717, 1.165) is 43.7 Å². The van der Waals surface area contributed by atoms with Gasteiger partial charge in [0.2, 0.25) is 5.91 Å². The van der Waals surface area contributed by atoms with Crippen LogP contribution in [0.1, 0.15) is 51.9 Å². The van der Waals surface area contributed by atoms with Crippen LogP contribution >= 0.6 is 0 Å². The zero-order valence-corrected chi connectivity index (χ0v) is 16.8. The Labute approximate surface area is 171 Å². The fourth-order valence-corrected chi connectivity index (χ4v) is 4.18. The molecular formula is C23H27N5O. The van der Waals surface area contributed by atoms with Crippen LogP contribution in [0, 0.1) is 0 Å². The van der Waals surface area contributed by atoms with Gasteiger partial charge in [-0.3, -0.25) is 14.7 Å². The molecule has 0 saturated carbocycles. The van der Waals surface area contributed by atoms with Gasteiger partial charge in [-0.05, 0) is 48.6 Å². The van der Waals surface area contributed by atoms with E-state index in [1.807, 2.05) is 56.0 Å². The van der Waals surface area contributed by atoms with Crippen molar-refractivity contribution in [2.75, 3.05) is 6.54 Å². The van der Waals surface area contributed by atoms with E-state index in [0.29, 0.717) is 5.56 Å². The molecule has 3 aromatic rings. The predicted octanol–water partition coefficient (Wildman–Crippen LogP) is 3.04. The number of hydrogen-bond donors (Lipinski definition) is 1. The predicted molar refractivity (Wildman–Crippen MR) is 112 cm³/mol. The van der Waals surface area contributed by atoms with Gasteiger partial charge in [-0.2, -0.15) is 0 Å². The van der Waals surface area contributed by atoms with Crippen molar-refractivity contribution in [2.45, 2.75) is 38.3 Å². The first-order chi connectivity index (χ1) is 14.1. The van der Waals surface area contributed by atoms with E-state index >= 15 is 0 Å². The summed E-state index contributed by atoms with van der Waals surface area (Å²) in [5, 5.41) is 0. The van der Waals surface area contributed by atoms with Crippen LogP contribution < -0.4 is 5.73 Å². The second-order valence-electron chi connectivity index (χ2n) is 7.69. The summed E-state index contributed by atoms with van der Waals surface area (Å²) in [5.41, 5.74) is 9.65. The van der Waals surface area contributed by atoms with Crippen molar-refractivity contribution in [1.29, 1.82) is 0 Å². The number of nitrogens with zero attached hydrogens (tertiary/aromatic N) is 4. The Morgan fingerprint density at radius 1 is 1.21 bits per heavy atom. The lowest BCUT2D eigenvalue weighted by Gasteiger charge is -2.35. The normalized spacial score (nSPS) is 16.0. The third-order valence-corrected chi connectivity index (χ3v) is 5.77. The van der Waals surface area contributed by atoms with Gasteiger partial charge in [-0.1, -0.05) is 18.2 Å². The number of aromatic nitrogens is 3. The molecule has 2 N–H and O–H groups in total. The lowest BCUT2D eigenvalue weighted by atomic mass is 9.90. The third kappa shape index (κ3) is 4.38. The van der Waals surface area contributed by atoms with E-state index in [-0.39, 0.29) is 6.04 Å². The highest BCUT2D eigenvalue weighted by atomic mass is 16.1. The summed E-state index contributed by atoms with van der Waals surface area (Å²) in [6.07, 6.45) is 9.98. The van der Waals surface area contributed by atoms with Gasteiger partial charge >= 0.3 is 0 Å². The summed E-state index contributed by atoms with van der Waals surface area (Å²) < 4.78 is 2.08. The van der Waals surface area contributed by atoms with Gasteiger partial charge < -0.3 is 10.3 Å². The highest BCUT2D eigenvalue weighted by Gasteiger charge is 2.27. The number of primary amides is 1. The van der Waals surface area contributed by atoms with Crippen molar-refractivity contribution in [1.82, 2.24) is 19.4 Å². The summed E-state index contributed by atoms with van der Waals surface area (Å²) in [5.74, 6) is 0.685. The first kappa shape index (κ1) is 19.3. The number of amides is 1. The first-order valence-corrected chi connectivity index (χ1v) is 10.1. The molecule has 0 aliphatic heterocycles. The molecule has 0 spiro atoms. The van der Waals surface area contributed by atoms with E-state index < -0.39 is 5.91 Å².